The number of esters is 1. The zero-order chi connectivity index (χ0) is 25.0. The van der Waals surface area contributed by atoms with Crippen molar-refractivity contribution < 1.29 is 24.5 Å². The summed E-state index contributed by atoms with van der Waals surface area (Å²) in [4.78, 5) is 24.6. The van der Waals surface area contributed by atoms with Crippen LogP contribution in [0.2, 0.25) is 0 Å². The molecule has 2 aliphatic rings. The molecule has 4 atom stereocenters. The van der Waals surface area contributed by atoms with Crippen LogP contribution in [-0.2, 0) is 16.0 Å². The number of nitrogens with one attached hydrogen (secondary N) is 1. The van der Waals surface area contributed by atoms with Crippen molar-refractivity contribution in [2.75, 3.05) is 0 Å². The maximum Gasteiger partial charge on any atom is 0.337 e. The molecule has 184 valence electrons. The van der Waals surface area contributed by atoms with E-state index in [1.807, 2.05) is 13.0 Å². The minimum atomic E-state index is -0.902. The van der Waals surface area contributed by atoms with E-state index in [4.69, 9.17) is 4.74 Å². The molecule has 34 heavy (non-hydrogen) atoms. The maximum absolute atomic E-state index is 12.8. The highest BCUT2D eigenvalue weighted by atomic mass is 16.5. The highest BCUT2D eigenvalue weighted by Gasteiger charge is 2.38. The van der Waals surface area contributed by atoms with Crippen molar-refractivity contribution in [2.45, 2.75) is 78.2 Å². The van der Waals surface area contributed by atoms with Crippen molar-refractivity contribution in [2.24, 2.45) is 11.8 Å². The number of rotatable bonds is 9. The van der Waals surface area contributed by atoms with Gasteiger partial charge < -0.3 is 20.3 Å². The van der Waals surface area contributed by atoms with Gasteiger partial charge in [-0.05, 0) is 70.1 Å². The number of carbonyl (C=O) groups excluding carboxylic acids is 2. The van der Waals surface area contributed by atoms with E-state index in [9.17, 15) is 19.8 Å². The Balaban J connectivity index is 1.99. The zero-order valence-electron chi connectivity index (χ0n) is 20.7. The number of unbranched alkanes of at least 4 members (excludes halogenated alkanes) is 2. The van der Waals surface area contributed by atoms with Crippen LogP contribution in [0.15, 0.2) is 47.7 Å². The van der Waals surface area contributed by atoms with Gasteiger partial charge in [-0.3, -0.25) is 4.79 Å². The summed E-state index contributed by atoms with van der Waals surface area (Å²) < 4.78 is 5.79. The van der Waals surface area contributed by atoms with Crippen LogP contribution >= 0.6 is 0 Å². The standard InChI is InChI=1S/C28H37NO5/c1-6-7-8-9-19-13-23(31)27(21-12-17(4)10-11-20(21)16(2)3)24(14-19)34-25(32)15-22-26(18(5)30)28(33)29-22/h12-15,18,20-21,26,30-31H,2,6-11H2,1,3-5H3,(H,29,33)/b22-15-/t18-,20+,21-,26-/m1/s1. The van der Waals surface area contributed by atoms with E-state index in [1.54, 1.807) is 6.07 Å². The minimum Gasteiger partial charge on any atom is -0.507 e. The predicted octanol–water partition coefficient (Wildman–Crippen LogP) is 5.06. The number of ether oxygens (including phenoxy) is 1. The number of allylic oxidation sites excluding steroid dienone is 3. The summed E-state index contributed by atoms with van der Waals surface area (Å²) in [5.74, 6) is -1.31. The smallest absolute Gasteiger partial charge is 0.337 e. The van der Waals surface area contributed by atoms with Crippen molar-refractivity contribution in [3.05, 3.63) is 58.8 Å². The van der Waals surface area contributed by atoms with E-state index >= 15 is 0 Å². The van der Waals surface area contributed by atoms with Crippen LogP contribution in [0.4, 0.5) is 0 Å². The molecule has 6 heteroatoms. The molecule has 0 aromatic heterocycles. The normalized spacial score (nSPS) is 24.1. The fraction of sp³-hybridized carbons (Fsp3) is 0.500. The molecule has 0 saturated carbocycles. The third kappa shape index (κ3) is 5.79. The number of hydrogen-bond acceptors (Lipinski definition) is 5. The lowest BCUT2D eigenvalue weighted by atomic mass is 9.73. The van der Waals surface area contributed by atoms with Gasteiger partial charge >= 0.3 is 5.97 Å². The first-order valence-electron chi connectivity index (χ1n) is 12.2. The van der Waals surface area contributed by atoms with Gasteiger partial charge in [0.25, 0.3) is 0 Å². The second-order valence-corrected chi connectivity index (χ2v) is 9.74. The van der Waals surface area contributed by atoms with Crippen LogP contribution in [0.25, 0.3) is 0 Å². The molecule has 0 unspecified atom stereocenters. The molecule has 3 N–H and O–H groups in total. The molecule has 1 aliphatic heterocycles. The van der Waals surface area contributed by atoms with Crippen molar-refractivity contribution in [3.8, 4) is 11.5 Å². The first-order valence-corrected chi connectivity index (χ1v) is 12.2. The largest absolute Gasteiger partial charge is 0.507 e. The fourth-order valence-corrected chi connectivity index (χ4v) is 4.95. The molecule has 1 fully saturated rings. The van der Waals surface area contributed by atoms with E-state index in [0.717, 1.165) is 49.7 Å². The van der Waals surface area contributed by atoms with Crippen molar-refractivity contribution in [1.29, 1.82) is 0 Å². The van der Waals surface area contributed by atoms with Crippen molar-refractivity contribution >= 4 is 11.9 Å². The van der Waals surface area contributed by atoms with Crippen LogP contribution in [0, 0.1) is 11.8 Å². The predicted molar refractivity (Wildman–Crippen MR) is 132 cm³/mol. The number of benzene rings is 1. The number of aromatic hydroxyl groups is 1. The summed E-state index contributed by atoms with van der Waals surface area (Å²) in [6, 6.07) is 3.63. The average Bonchev–Trinajstić information content (AvgIpc) is 2.72. The average molecular weight is 468 g/mol. The number of phenolic OH excluding ortho intramolecular Hbond substituents is 1. The van der Waals surface area contributed by atoms with Gasteiger partial charge in [0.15, 0.2) is 0 Å². The Labute approximate surface area is 202 Å². The first kappa shape index (κ1) is 25.8. The fourth-order valence-electron chi connectivity index (χ4n) is 4.95. The second kappa shape index (κ2) is 11.0. The van der Waals surface area contributed by atoms with E-state index < -0.39 is 18.0 Å². The van der Waals surface area contributed by atoms with E-state index in [0.29, 0.717) is 17.0 Å². The lowest BCUT2D eigenvalue weighted by Gasteiger charge is -2.32. The molecule has 0 radical (unpaired) electrons. The van der Waals surface area contributed by atoms with Gasteiger partial charge in [0.2, 0.25) is 5.91 Å². The third-order valence-electron chi connectivity index (χ3n) is 6.81. The molecule has 1 heterocycles. The summed E-state index contributed by atoms with van der Waals surface area (Å²) in [6.07, 6.45) is 8.24. The number of aliphatic hydroxyl groups is 1. The number of phenols is 1. The Morgan fingerprint density at radius 3 is 2.71 bits per heavy atom. The van der Waals surface area contributed by atoms with Gasteiger partial charge in [-0.25, -0.2) is 4.79 Å². The van der Waals surface area contributed by atoms with Gasteiger partial charge in [0.05, 0.1) is 6.10 Å². The highest BCUT2D eigenvalue weighted by molar-refractivity contribution is 5.96. The summed E-state index contributed by atoms with van der Waals surface area (Å²) >= 11 is 0. The molecule has 6 nitrogen and oxygen atoms in total. The molecule has 0 bridgehead atoms. The second-order valence-electron chi connectivity index (χ2n) is 9.74. The van der Waals surface area contributed by atoms with Crippen LogP contribution in [-0.4, -0.2) is 28.2 Å². The molecule has 1 aromatic rings. The number of hydrogen-bond donors (Lipinski definition) is 3. The molecular formula is C28H37NO5. The lowest BCUT2D eigenvalue weighted by molar-refractivity contribution is -0.132. The monoisotopic (exact) mass is 467 g/mol. The quantitative estimate of drug-likeness (QED) is 0.118. The minimum absolute atomic E-state index is 0.116. The molecule has 1 aliphatic carbocycles. The summed E-state index contributed by atoms with van der Waals surface area (Å²) in [5.41, 5.74) is 4.08. The molecule has 1 amide bonds. The Hall–Kier alpha value is -2.86. The van der Waals surface area contributed by atoms with Crippen LogP contribution in [0.5, 0.6) is 11.5 Å². The van der Waals surface area contributed by atoms with Gasteiger partial charge in [-0.2, -0.15) is 0 Å². The molecule has 0 spiro atoms. The number of amides is 1. The lowest BCUT2D eigenvalue weighted by Crippen LogP contribution is -2.51. The topological polar surface area (TPSA) is 95.9 Å². The van der Waals surface area contributed by atoms with E-state index in [2.05, 4.69) is 31.8 Å². The van der Waals surface area contributed by atoms with Crippen molar-refractivity contribution in [1.82, 2.24) is 5.32 Å². The number of carbonyl (C=O) groups is 2. The van der Waals surface area contributed by atoms with Gasteiger partial charge in [0.1, 0.15) is 17.4 Å². The van der Waals surface area contributed by atoms with E-state index in [-0.39, 0.29) is 23.5 Å². The van der Waals surface area contributed by atoms with Crippen LogP contribution in [0.1, 0.15) is 76.8 Å². The highest BCUT2D eigenvalue weighted by Crippen LogP contribution is 2.47. The van der Waals surface area contributed by atoms with Crippen LogP contribution < -0.4 is 10.1 Å². The van der Waals surface area contributed by atoms with Gasteiger partial charge in [0, 0.05) is 23.3 Å². The Morgan fingerprint density at radius 2 is 2.09 bits per heavy atom. The SMILES string of the molecule is C=C(C)[C@@H]1CCC(C)=C[C@H]1c1c(O)cc(CCCCC)cc1OC(=O)/C=C1\NC(=O)[C@@H]1[C@@H](C)O. The van der Waals surface area contributed by atoms with E-state index in [1.165, 1.54) is 18.6 Å². The third-order valence-corrected chi connectivity index (χ3v) is 6.81. The van der Waals surface area contributed by atoms with Gasteiger partial charge in [-0.15, -0.1) is 0 Å². The number of aryl methyl sites for hydroxylation is 1. The number of aliphatic hydroxyl groups excluding tert-OH is 1. The first-order chi connectivity index (χ1) is 16.1. The maximum atomic E-state index is 12.8. The molecule has 1 aromatic carbocycles. The summed E-state index contributed by atoms with van der Waals surface area (Å²) in [6.45, 7) is 11.9. The number of β-lactam (4-membered cyclic amide) rings is 1. The van der Waals surface area contributed by atoms with Crippen LogP contribution in [0.3, 0.4) is 0 Å². The summed E-state index contributed by atoms with van der Waals surface area (Å²) in [5, 5.41) is 23.5. The molecule has 3 rings (SSSR count). The Kier molecular flexibility index (Phi) is 8.37. The van der Waals surface area contributed by atoms with Gasteiger partial charge in [-0.1, -0.05) is 43.6 Å². The summed E-state index contributed by atoms with van der Waals surface area (Å²) in [7, 11) is 0. The van der Waals surface area contributed by atoms with Crippen molar-refractivity contribution in [3.63, 3.8) is 0 Å². The Bertz CT molecular complexity index is 1020. The molecular weight excluding hydrogens is 430 g/mol. The Morgan fingerprint density at radius 1 is 1.35 bits per heavy atom. The molecule has 1 saturated heterocycles. The zero-order valence-corrected chi connectivity index (χ0v) is 20.7.